The summed E-state index contributed by atoms with van der Waals surface area (Å²) < 4.78 is 4.98. The first-order valence-corrected chi connectivity index (χ1v) is 9.41. The largest absolute Gasteiger partial charge is 0.454 e. The Morgan fingerprint density at radius 3 is 2.21 bits per heavy atom. The van der Waals surface area contributed by atoms with E-state index < -0.39 is 36.3 Å². The van der Waals surface area contributed by atoms with Gasteiger partial charge in [0.05, 0.1) is 11.1 Å². The van der Waals surface area contributed by atoms with E-state index in [-0.39, 0.29) is 11.1 Å². The number of rotatable bonds is 7. The Kier molecular flexibility index (Phi) is 6.29. The lowest BCUT2D eigenvalue weighted by Gasteiger charge is -2.20. The number of benzene rings is 2. The number of hydrogen-bond donors (Lipinski definition) is 1. The molecule has 3 amide bonds. The lowest BCUT2D eigenvalue weighted by molar-refractivity contribution is -0.151. The number of esters is 1. The van der Waals surface area contributed by atoms with Crippen LogP contribution in [0.25, 0.3) is 0 Å². The molecule has 0 saturated heterocycles. The maximum Gasteiger partial charge on any atom is 0.329 e. The molecule has 0 aromatic heterocycles. The van der Waals surface area contributed by atoms with Gasteiger partial charge in [-0.15, -0.1) is 0 Å². The summed E-state index contributed by atoms with van der Waals surface area (Å²) in [6.07, 6.45) is 0.600. The highest BCUT2D eigenvalue weighted by molar-refractivity contribution is 6.30. The Morgan fingerprint density at radius 2 is 1.62 bits per heavy atom. The molecule has 1 heterocycles. The van der Waals surface area contributed by atoms with Gasteiger partial charge < -0.3 is 10.1 Å². The van der Waals surface area contributed by atoms with Gasteiger partial charge in [0.1, 0.15) is 6.04 Å². The third kappa shape index (κ3) is 4.63. The van der Waals surface area contributed by atoms with Crippen LogP contribution in [0.4, 0.5) is 0 Å². The van der Waals surface area contributed by atoms with Crippen LogP contribution in [0, 0.1) is 0 Å². The smallest absolute Gasteiger partial charge is 0.329 e. The molecule has 29 heavy (non-hydrogen) atoms. The highest BCUT2D eigenvalue weighted by Crippen LogP contribution is 2.24. The van der Waals surface area contributed by atoms with Crippen molar-refractivity contribution in [3.05, 3.63) is 70.2 Å². The SMILES string of the molecule is C[C@H](C(=O)OCC(=O)NCCc1ccc(Cl)cc1)N1C(=O)c2ccccc2C1=O. The average Bonchev–Trinajstić information content (AvgIpc) is 2.98. The summed E-state index contributed by atoms with van der Waals surface area (Å²) in [6.45, 7) is 1.27. The Hall–Kier alpha value is -3.19. The van der Waals surface area contributed by atoms with Gasteiger partial charge in [0, 0.05) is 11.6 Å². The van der Waals surface area contributed by atoms with Crippen LogP contribution in [-0.4, -0.2) is 47.8 Å². The lowest BCUT2D eigenvalue weighted by atomic mass is 10.1. The number of carbonyl (C=O) groups excluding carboxylic acids is 4. The molecule has 0 unspecified atom stereocenters. The summed E-state index contributed by atoms with van der Waals surface area (Å²) in [6, 6.07) is 12.5. The first-order chi connectivity index (χ1) is 13.9. The van der Waals surface area contributed by atoms with Crippen LogP contribution in [-0.2, 0) is 20.7 Å². The number of carbonyl (C=O) groups is 4. The van der Waals surface area contributed by atoms with Crippen LogP contribution < -0.4 is 5.32 Å². The van der Waals surface area contributed by atoms with Crippen molar-refractivity contribution in [2.75, 3.05) is 13.2 Å². The van der Waals surface area contributed by atoms with Gasteiger partial charge in [0.2, 0.25) is 0 Å². The summed E-state index contributed by atoms with van der Waals surface area (Å²) in [5.41, 5.74) is 1.50. The zero-order chi connectivity index (χ0) is 21.0. The standard InChI is InChI=1S/C21H19ClN2O5/c1-13(24-19(26)16-4-2-3-5-17(16)20(24)27)21(28)29-12-18(25)23-11-10-14-6-8-15(22)9-7-14/h2-9,13H,10-12H2,1H3,(H,23,25)/t13-/m1/s1. The van der Waals surface area contributed by atoms with Crippen LogP contribution in [0.15, 0.2) is 48.5 Å². The normalized spacial score (nSPS) is 13.8. The molecule has 1 N–H and O–H groups in total. The van der Waals surface area contributed by atoms with E-state index in [0.29, 0.717) is 18.0 Å². The Balaban J connectivity index is 1.46. The van der Waals surface area contributed by atoms with Crippen molar-refractivity contribution in [1.29, 1.82) is 0 Å². The molecular formula is C21H19ClN2O5. The Bertz CT molecular complexity index is 923. The topological polar surface area (TPSA) is 92.8 Å². The molecule has 0 aliphatic carbocycles. The monoisotopic (exact) mass is 414 g/mol. The maximum atomic E-state index is 12.4. The first-order valence-electron chi connectivity index (χ1n) is 9.03. The second-order valence-corrected chi connectivity index (χ2v) is 6.97. The molecule has 2 aromatic carbocycles. The van der Waals surface area contributed by atoms with E-state index in [1.807, 2.05) is 12.1 Å². The van der Waals surface area contributed by atoms with Crippen molar-refractivity contribution >= 4 is 35.3 Å². The number of ether oxygens (including phenoxy) is 1. The van der Waals surface area contributed by atoms with Crippen molar-refractivity contribution in [3.8, 4) is 0 Å². The summed E-state index contributed by atoms with van der Waals surface area (Å²) in [7, 11) is 0. The minimum atomic E-state index is -1.13. The van der Waals surface area contributed by atoms with Gasteiger partial charge >= 0.3 is 5.97 Å². The minimum absolute atomic E-state index is 0.247. The third-order valence-electron chi connectivity index (χ3n) is 4.55. The van der Waals surface area contributed by atoms with Crippen LogP contribution in [0.1, 0.15) is 33.2 Å². The number of halogens is 1. The van der Waals surface area contributed by atoms with Gasteiger partial charge in [-0.25, -0.2) is 4.79 Å². The fourth-order valence-corrected chi connectivity index (χ4v) is 3.10. The number of nitrogens with one attached hydrogen (secondary N) is 1. The first kappa shape index (κ1) is 20.5. The van der Waals surface area contributed by atoms with Gasteiger partial charge in [-0.05, 0) is 43.2 Å². The molecule has 0 radical (unpaired) electrons. The zero-order valence-corrected chi connectivity index (χ0v) is 16.4. The van der Waals surface area contributed by atoms with Crippen LogP contribution in [0.3, 0.4) is 0 Å². The van der Waals surface area contributed by atoms with Crippen LogP contribution in [0.2, 0.25) is 5.02 Å². The Morgan fingerprint density at radius 1 is 1.03 bits per heavy atom. The quantitative estimate of drug-likeness (QED) is 0.554. The second kappa shape index (κ2) is 8.87. The van der Waals surface area contributed by atoms with Crippen molar-refractivity contribution in [1.82, 2.24) is 10.2 Å². The van der Waals surface area contributed by atoms with Gasteiger partial charge in [-0.2, -0.15) is 0 Å². The highest BCUT2D eigenvalue weighted by Gasteiger charge is 2.41. The van der Waals surface area contributed by atoms with E-state index >= 15 is 0 Å². The van der Waals surface area contributed by atoms with E-state index in [0.717, 1.165) is 10.5 Å². The fourth-order valence-electron chi connectivity index (χ4n) is 2.97. The second-order valence-electron chi connectivity index (χ2n) is 6.54. The molecule has 1 atom stereocenters. The molecule has 0 saturated carbocycles. The lowest BCUT2D eigenvalue weighted by Crippen LogP contribution is -2.44. The van der Waals surface area contributed by atoms with E-state index in [4.69, 9.17) is 16.3 Å². The third-order valence-corrected chi connectivity index (χ3v) is 4.80. The molecular weight excluding hydrogens is 396 g/mol. The van der Waals surface area contributed by atoms with Crippen molar-refractivity contribution in [3.63, 3.8) is 0 Å². The molecule has 8 heteroatoms. The summed E-state index contributed by atoms with van der Waals surface area (Å²) in [5, 5.41) is 3.28. The van der Waals surface area contributed by atoms with Gasteiger partial charge in [-0.1, -0.05) is 35.9 Å². The van der Waals surface area contributed by atoms with Gasteiger partial charge in [0.15, 0.2) is 6.61 Å². The number of hydrogen-bond acceptors (Lipinski definition) is 5. The minimum Gasteiger partial charge on any atom is -0.454 e. The number of fused-ring (bicyclic) bond motifs is 1. The summed E-state index contributed by atoms with van der Waals surface area (Å²) in [5.74, 6) is -2.40. The molecule has 2 aromatic rings. The van der Waals surface area contributed by atoms with E-state index in [1.54, 1.807) is 24.3 Å². The Labute approximate surface area is 172 Å². The molecule has 1 aliphatic heterocycles. The fraction of sp³-hybridized carbons (Fsp3) is 0.238. The molecule has 0 fully saturated rings. The predicted molar refractivity (Wildman–Crippen MR) is 106 cm³/mol. The molecule has 7 nitrogen and oxygen atoms in total. The molecule has 150 valence electrons. The van der Waals surface area contributed by atoms with Crippen LogP contribution >= 0.6 is 11.6 Å². The number of imide groups is 1. The van der Waals surface area contributed by atoms with E-state index in [2.05, 4.69) is 5.32 Å². The van der Waals surface area contributed by atoms with Gasteiger partial charge in [0.25, 0.3) is 17.7 Å². The molecule has 3 rings (SSSR count). The molecule has 1 aliphatic rings. The van der Waals surface area contributed by atoms with Crippen LogP contribution in [0.5, 0.6) is 0 Å². The summed E-state index contributed by atoms with van der Waals surface area (Å²) in [4.78, 5) is 49.8. The zero-order valence-electron chi connectivity index (χ0n) is 15.7. The molecule has 0 spiro atoms. The summed E-state index contributed by atoms with van der Waals surface area (Å²) >= 11 is 5.82. The van der Waals surface area contributed by atoms with Crippen molar-refractivity contribution in [2.24, 2.45) is 0 Å². The van der Waals surface area contributed by atoms with E-state index in [1.165, 1.54) is 19.1 Å². The molecule has 0 bridgehead atoms. The van der Waals surface area contributed by atoms with E-state index in [9.17, 15) is 19.2 Å². The van der Waals surface area contributed by atoms with Gasteiger partial charge in [-0.3, -0.25) is 19.3 Å². The predicted octanol–water partition coefficient (Wildman–Crippen LogP) is 2.23. The number of amides is 3. The highest BCUT2D eigenvalue weighted by atomic mass is 35.5. The average molecular weight is 415 g/mol. The van der Waals surface area contributed by atoms with Crippen molar-refractivity contribution < 1.29 is 23.9 Å². The van der Waals surface area contributed by atoms with Crippen molar-refractivity contribution in [2.45, 2.75) is 19.4 Å². The number of nitrogens with zero attached hydrogens (tertiary/aromatic N) is 1. The maximum absolute atomic E-state index is 12.4.